The highest BCUT2D eigenvalue weighted by molar-refractivity contribution is 7.98. The molecule has 0 saturated carbocycles. The topological polar surface area (TPSA) is 35.2 Å². The predicted octanol–water partition coefficient (Wildman–Crippen LogP) is 3.77. The van der Waals surface area contributed by atoms with Gasteiger partial charge < -0.3 is 10.5 Å². The number of ether oxygens (including phenoxy) is 1. The lowest BCUT2D eigenvalue weighted by molar-refractivity contribution is 0.407. The van der Waals surface area contributed by atoms with Gasteiger partial charge in [-0.3, -0.25) is 0 Å². The lowest BCUT2D eigenvalue weighted by atomic mass is 9.97. The van der Waals surface area contributed by atoms with Gasteiger partial charge in [0.2, 0.25) is 0 Å². The van der Waals surface area contributed by atoms with Gasteiger partial charge in [-0.15, -0.1) is 11.8 Å². The first-order chi connectivity index (χ1) is 9.15. The van der Waals surface area contributed by atoms with Gasteiger partial charge in [-0.1, -0.05) is 29.8 Å². The minimum absolute atomic E-state index is 0.161. The average molecular weight is 273 g/mol. The first-order valence-electron chi connectivity index (χ1n) is 6.19. The molecule has 2 nitrogen and oxygen atoms in total. The van der Waals surface area contributed by atoms with Crippen LogP contribution in [0.1, 0.15) is 22.7 Å². The maximum absolute atomic E-state index is 6.37. The number of methoxy groups -OCH3 is 1. The Balaban J connectivity index is 2.36. The van der Waals surface area contributed by atoms with Gasteiger partial charge >= 0.3 is 0 Å². The highest BCUT2D eigenvalue weighted by Gasteiger charge is 2.14. The smallest absolute Gasteiger partial charge is 0.123 e. The van der Waals surface area contributed by atoms with Gasteiger partial charge in [-0.25, -0.2) is 0 Å². The zero-order valence-electron chi connectivity index (χ0n) is 11.5. The largest absolute Gasteiger partial charge is 0.496 e. The van der Waals surface area contributed by atoms with Crippen molar-refractivity contribution >= 4 is 11.8 Å². The molecule has 0 saturated heterocycles. The predicted molar refractivity (Wildman–Crippen MR) is 82.0 cm³/mol. The molecule has 2 aromatic carbocycles. The number of nitrogens with two attached hydrogens (primary N) is 1. The minimum atomic E-state index is -0.161. The van der Waals surface area contributed by atoms with E-state index in [0.29, 0.717) is 0 Å². The van der Waals surface area contributed by atoms with Crippen LogP contribution in [-0.2, 0) is 0 Å². The maximum atomic E-state index is 6.37. The molecule has 0 spiro atoms. The van der Waals surface area contributed by atoms with E-state index in [2.05, 4.69) is 43.5 Å². The van der Waals surface area contributed by atoms with Crippen molar-refractivity contribution in [2.45, 2.75) is 17.9 Å². The molecule has 0 amide bonds. The van der Waals surface area contributed by atoms with Gasteiger partial charge in [-0.2, -0.15) is 0 Å². The average Bonchev–Trinajstić information content (AvgIpc) is 2.46. The van der Waals surface area contributed by atoms with E-state index in [4.69, 9.17) is 10.5 Å². The van der Waals surface area contributed by atoms with Crippen LogP contribution in [0, 0.1) is 6.92 Å². The first kappa shape index (κ1) is 14.0. The number of thioether (sulfide) groups is 1. The van der Waals surface area contributed by atoms with E-state index in [1.54, 1.807) is 18.9 Å². The summed E-state index contributed by atoms with van der Waals surface area (Å²) in [6, 6.07) is 14.3. The highest BCUT2D eigenvalue weighted by atomic mass is 32.2. The van der Waals surface area contributed by atoms with E-state index >= 15 is 0 Å². The molecule has 0 aliphatic carbocycles. The van der Waals surface area contributed by atoms with E-state index < -0.39 is 0 Å². The van der Waals surface area contributed by atoms with Crippen LogP contribution in [0.5, 0.6) is 5.75 Å². The second-order valence-corrected chi connectivity index (χ2v) is 5.38. The third kappa shape index (κ3) is 3.11. The summed E-state index contributed by atoms with van der Waals surface area (Å²) in [6.07, 6.45) is 2.07. The second kappa shape index (κ2) is 6.13. The Labute approximate surface area is 119 Å². The summed E-state index contributed by atoms with van der Waals surface area (Å²) in [5, 5.41) is 0. The van der Waals surface area contributed by atoms with Crippen LogP contribution in [-0.4, -0.2) is 13.4 Å². The van der Waals surface area contributed by atoms with Crippen molar-refractivity contribution < 1.29 is 4.74 Å². The molecule has 2 aromatic rings. The van der Waals surface area contributed by atoms with Crippen molar-refractivity contribution in [2.75, 3.05) is 13.4 Å². The third-order valence-electron chi connectivity index (χ3n) is 3.20. The fourth-order valence-electron chi connectivity index (χ4n) is 2.09. The van der Waals surface area contributed by atoms with E-state index in [1.165, 1.54) is 10.5 Å². The molecule has 100 valence electrons. The van der Waals surface area contributed by atoms with Crippen molar-refractivity contribution in [3.63, 3.8) is 0 Å². The number of benzene rings is 2. The summed E-state index contributed by atoms with van der Waals surface area (Å²) < 4.78 is 5.40. The summed E-state index contributed by atoms with van der Waals surface area (Å²) >= 11 is 1.73. The number of hydrogen-bond donors (Lipinski definition) is 1. The number of rotatable bonds is 4. The Kier molecular flexibility index (Phi) is 4.51. The van der Waals surface area contributed by atoms with Crippen LogP contribution >= 0.6 is 11.8 Å². The van der Waals surface area contributed by atoms with E-state index in [1.807, 2.05) is 12.1 Å². The maximum Gasteiger partial charge on any atom is 0.123 e. The Morgan fingerprint density at radius 3 is 2.37 bits per heavy atom. The molecule has 0 fully saturated rings. The summed E-state index contributed by atoms with van der Waals surface area (Å²) in [7, 11) is 1.68. The molecule has 0 bridgehead atoms. The molecule has 0 aromatic heterocycles. The summed E-state index contributed by atoms with van der Waals surface area (Å²) in [4.78, 5) is 1.24. The van der Waals surface area contributed by atoms with Crippen molar-refractivity contribution in [1.82, 2.24) is 0 Å². The molecular formula is C16H19NOS. The molecule has 0 aliphatic rings. The summed E-state index contributed by atoms with van der Waals surface area (Å²) in [5.41, 5.74) is 9.68. The fraction of sp³-hybridized carbons (Fsp3) is 0.250. The fourth-order valence-corrected chi connectivity index (χ4v) is 2.50. The van der Waals surface area contributed by atoms with Gasteiger partial charge in [0.05, 0.1) is 13.2 Å². The lowest BCUT2D eigenvalue weighted by Gasteiger charge is -2.17. The van der Waals surface area contributed by atoms with Gasteiger partial charge in [0.1, 0.15) is 5.75 Å². The van der Waals surface area contributed by atoms with Crippen LogP contribution in [0.25, 0.3) is 0 Å². The zero-order valence-corrected chi connectivity index (χ0v) is 12.3. The Morgan fingerprint density at radius 2 is 1.79 bits per heavy atom. The zero-order chi connectivity index (χ0) is 13.8. The second-order valence-electron chi connectivity index (χ2n) is 4.50. The summed E-state index contributed by atoms with van der Waals surface area (Å²) in [5.74, 6) is 0.840. The molecule has 1 unspecified atom stereocenters. The standard InChI is InChI=1S/C16H19NOS/c1-11-4-9-15(18-2)14(10-11)16(17)12-5-7-13(19-3)8-6-12/h4-10,16H,17H2,1-3H3. The van der Waals surface area contributed by atoms with Gasteiger partial charge in [0, 0.05) is 10.5 Å². The molecule has 1 atom stereocenters. The molecule has 0 aliphatic heterocycles. The van der Waals surface area contributed by atoms with Gasteiger partial charge in [0.25, 0.3) is 0 Å². The van der Waals surface area contributed by atoms with Crippen LogP contribution in [0.3, 0.4) is 0 Å². The molecule has 3 heteroatoms. The van der Waals surface area contributed by atoms with Crippen LogP contribution in [0.4, 0.5) is 0 Å². The van der Waals surface area contributed by atoms with Crippen molar-refractivity contribution in [3.05, 3.63) is 59.2 Å². The summed E-state index contributed by atoms with van der Waals surface area (Å²) in [6.45, 7) is 2.06. The van der Waals surface area contributed by atoms with E-state index in [0.717, 1.165) is 16.9 Å². The Morgan fingerprint density at radius 1 is 1.11 bits per heavy atom. The SMILES string of the molecule is COc1ccc(C)cc1C(N)c1ccc(SC)cc1. The van der Waals surface area contributed by atoms with Gasteiger partial charge in [0.15, 0.2) is 0 Å². The molecule has 19 heavy (non-hydrogen) atoms. The Hall–Kier alpha value is -1.45. The quantitative estimate of drug-likeness (QED) is 0.861. The number of aryl methyl sites for hydroxylation is 1. The molecule has 0 radical (unpaired) electrons. The number of hydrogen-bond acceptors (Lipinski definition) is 3. The first-order valence-corrected chi connectivity index (χ1v) is 7.42. The van der Waals surface area contributed by atoms with Crippen molar-refractivity contribution in [3.8, 4) is 5.75 Å². The van der Waals surface area contributed by atoms with Crippen LogP contribution in [0.2, 0.25) is 0 Å². The lowest BCUT2D eigenvalue weighted by Crippen LogP contribution is -2.13. The monoisotopic (exact) mass is 273 g/mol. The van der Waals surface area contributed by atoms with Crippen LogP contribution in [0.15, 0.2) is 47.4 Å². The van der Waals surface area contributed by atoms with Crippen LogP contribution < -0.4 is 10.5 Å². The minimum Gasteiger partial charge on any atom is -0.496 e. The molecule has 2 N–H and O–H groups in total. The Bertz CT molecular complexity index is 551. The third-order valence-corrected chi connectivity index (χ3v) is 3.94. The van der Waals surface area contributed by atoms with E-state index in [9.17, 15) is 0 Å². The molecular weight excluding hydrogens is 254 g/mol. The molecule has 0 heterocycles. The highest BCUT2D eigenvalue weighted by Crippen LogP contribution is 2.30. The normalized spacial score (nSPS) is 12.2. The van der Waals surface area contributed by atoms with Crippen molar-refractivity contribution in [2.24, 2.45) is 5.73 Å². The molecule has 2 rings (SSSR count). The van der Waals surface area contributed by atoms with E-state index in [-0.39, 0.29) is 6.04 Å². The van der Waals surface area contributed by atoms with Gasteiger partial charge in [-0.05, 0) is 36.9 Å². The van der Waals surface area contributed by atoms with Crippen molar-refractivity contribution in [1.29, 1.82) is 0 Å².